The lowest BCUT2D eigenvalue weighted by molar-refractivity contribution is 0.0984. The summed E-state index contributed by atoms with van der Waals surface area (Å²) in [6.07, 6.45) is 2.51. The second-order valence-corrected chi connectivity index (χ2v) is 6.28. The van der Waals surface area contributed by atoms with Gasteiger partial charge < -0.3 is 10.2 Å². The summed E-state index contributed by atoms with van der Waals surface area (Å²) in [5.41, 5.74) is 4.15. The Bertz CT molecular complexity index is 941. The number of hydrogen-bond donors (Lipinski definition) is 1. The van der Waals surface area contributed by atoms with Gasteiger partial charge in [-0.05, 0) is 42.3 Å². The van der Waals surface area contributed by atoms with Gasteiger partial charge in [-0.3, -0.25) is 9.78 Å². The number of amides is 1. The number of anilines is 3. The smallest absolute Gasteiger partial charge is 0.276 e. The first-order valence-corrected chi connectivity index (χ1v) is 8.47. The van der Waals surface area contributed by atoms with Gasteiger partial charge in [-0.15, -0.1) is 0 Å². The van der Waals surface area contributed by atoms with Gasteiger partial charge >= 0.3 is 0 Å². The standard InChI is InChI=1S/C20H16ClN3O/c21-16-6-2-3-7-17(16)23-15-9-11-22-18(13-15)20(25)24-12-10-14-5-1-4-8-19(14)24/h1-9,11,13H,10,12H2,(H,22,23). The van der Waals surface area contributed by atoms with Gasteiger partial charge in [0.25, 0.3) is 5.91 Å². The van der Waals surface area contributed by atoms with Crippen LogP contribution in [-0.4, -0.2) is 17.4 Å². The van der Waals surface area contributed by atoms with Crippen molar-refractivity contribution in [3.05, 3.63) is 83.1 Å². The van der Waals surface area contributed by atoms with Crippen molar-refractivity contribution in [2.24, 2.45) is 0 Å². The Balaban J connectivity index is 1.60. The maximum atomic E-state index is 12.9. The second kappa shape index (κ2) is 6.57. The first kappa shape index (κ1) is 15.7. The number of carbonyl (C=O) groups is 1. The topological polar surface area (TPSA) is 45.2 Å². The van der Waals surface area contributed by atoms with Crippen LogP contribution in [0.1, 0.15) is 16.1 Å². The third-order valence-electron chi connectivity index (χ3n) is 4.26. The van der Waals surface area contributed by atoms with Crippen LogP contribution < -0.4 is 10.2 Å². The molecule has 0 atom stereocenters. The monoisotopic (exact) mass is 349 g/mol. The quantitative estimate of drug-likeness (QED) is 0.746. The number of para-hydroxylation sites is 2. The van der Waals surface area contributed by atoms with E-state index in [-0.39, 0.29) is 5.91 Å². The van der Waals surface area contributed by atoms with Crippen molar-refractivity contribution in [1.29, 1.82) is 0 Å². The van der Waals surface area contributed by atoms with Crippen LogP contribution in [0.15, 0.2) is 66.9 Å². The highest BCUT2D eigenvalue weighted by Gasteiger charge is 2.26. The minimum Gasteiger partial charge on any atom is -0.354 e. The van der Waals surface area contributed by atoms with E-state index in [0.29, 0.717) is 17.3 Å². The SMILES string of the molecule is O=C(c1cc(Nc2ccccc2Cl)ccn1)N1CCc2ccccc21. The Morgan fingerprint density at radius 3 is 2.76 bits per heavy atom. The van der Waals surface area contributed by atoms with Crippen molar-refractivity contribution >= 4 is 34.6 Å². The van der Waals surface area contributed by atoms with E-state index in [0.717, 1.165) is 23.5 Å². The molecule has 1 aliphatic heterocycles. The average Bonchev–Trinajstić information content (AvgIpc) is 3.07. The Morgan fingerprint density at radius 2 is 1.88 bits per heavy atom. The minimum absolute atomic E-state index is 0.0900. The molecular formula is C20H16ClN3O. The lowest BCUT2D eigenvalue weighted by atomic mass is 10.2. The van der Waals surface area contributed by atoms with E-state index in [1.165, 1.54) is 5.56 Å². The summed E-state index contributed by atoms with van der Waals surface area (Å²) in [7, 11) is 0. The number of benzene rings is 2. The van der Waals surface area contributed by atoms with Crippen LogP contribution in [0.2, 0.25) is 5.02 Å². The summed E-state index contributed by atoms with van der Waals surface area (Å²) in [6.45, 7) is 0.683. The van der Waals surface area contributed by atoms with Crippen LogP contribution in [0.5, 0.6) is 0 Å². The summed E-state index contributed by atoms with van der Waals surface area (Å²) in [5.74, 6) is -0.0900. The van der Waals surface area contributed by atoms with Gasteiger partial charge in [0.05, 0.1) is 10.7 Å². The molecule has 0 saturated carbocycles. The Labute approximate surface area is 151 Å². The number of fused-ring (bicyclic) bond motifs is 1. The van der Waals surface area contributed by atoms with Crippen molar-refractivity contribution in [2.45, 2.75) is 6.42 Å². The van der Waals surface area contributed by atoms with E-state index >= 15 is 0 Å². The fourth-order valence-electron chi connectivity index (χ4n) is 3.03. The number of carbonyl (C=O) groups excluding carboxylic acids is 1. The summed E-state index contributed by atoms with van der Waals surface area (Å²) < 4.78 is 0. The van der Waals surface area contributed by atoms with Gasteiger partial charge in [0.2, 0.25) is 0 Å². The van der Waals surface area contributed by atoms with Crippen molar-refractivity contribution in [3.8, 4) is 0 Å². The van der Waals surface area contributed by atoms with E-state index in [4.69, 9.17) is 11.6 Å². The fraction of sp³-hybridized carbons (Fsp3) is 0.100. The predicted molar refractivity (Wildman–Crippen MR) is 101 cm³/mol. The fourth-order valence-corrected chi connectivity index (χ4v) is 3.21. The van der Waals surface area contributed by atoms with E-state index in [1.807, 2.05) is 48.5 Å². The van der Waals surface area contributed by atoms with Crippen LogP contribution in [0.25, 0.3) is 0 Å². The molecular weight excluding hydrogens is 334 g/mol. The van der Waals surface area contributed by atoms with Gasteiger partial charge in [0.15, 0.2) is 0 Å². The molecule has 2 aromatic carbocycles. The third-order valence-corrected chi connectivity index (χ3v) is 4.59. The molecule has 25 heavy (non-hydrogen) atoms. The zero-order chi connectivity index (χ0) is 17.2. The summed E-state index contributed by atoms with van der Waals surface area (Å²) in [4.78, 5) is 18.9. The van der Waals surface area contributed by atoms with Gasteiger partial charge in [-0.1, -0.05) is 41.9 Å². The predicted octanol–water partition coefficient (Wildman–Crippen LogP) is 4.68. The molecule has 0 spiro atoms. The maximum absolute atomic E-state index is 12.9. The molecule has 1 amide bonds. The second-order valence-electron chi connectivity index (χ2n) is 5.87. The molecule has 0 saturated heterocycles. The molecule has 4 nitrogen and oxygen atoms in total. The van der Waals surface area contributed by atoms with Crippen LogP contribution in [0, 0.1) is 0 Å². The highest BCUT2D eigenvalue weighted by atomic mass is 35.5. The maximum Gasteiger partial charge on any atom is 0.276 e. The Kier molecular flexibility index (Phi) is 4.12. The molecule has 0 radical (unpaired) electrons. The molecule has 2 heterocycles. The normalized spacial score (nSPS) is 12.8. The Morgan fingerprint density at radius 1 is 1.08 bits per heavy atom. The van der Waals surface area contributed by atoms with Crippen LogP contribution in [0.3, 0.4) is 0 Å². The largest absolute Gasteiger partial charge is 0.354 e. The first-order chi connectivity index (χ1) is 12.2. The van der Waals surface area contributed by atoms with Gasteiger partial charge in [-0.25, -0.2) is 0 Å². The lowest BCUT2D eigenvalue weighted by Gasteiger charge is -2.17. The minimum atomic E-state index is -0.0900. The first-order valence-electron chi connectivity index (χ1n) is 8.10. The summed E-state index contributed by atoms with van der Waals surface area (Å²) in [5, 5.41) is 3.86. The molecule has 0 bridgehead atoms. The molecule has 0 aliphatic carbocycles. The molecule has 1 N–H and O–H groups in total. The molecule has 124 valence electrons. The molecule has 0 unspecified atom stereocenters. The number of nitrogens with one attached hydrogen (secondary N) is 1. The molecule has 1 aliphatic rings. The Hall–Kier alpha value is -2.85. The third kappa shape index (κ3) is 3.08. The highest BCUT2D eigenvalue weighted by Crippen LogP contribution is 2.29. The van der Waals surface area contributed by atoms with Crippen molar-refractivity contribution in [1.82, 2.24) is 4.98 Å². The van der Waals surface area contributed by atoms with Gasteiger partial charge in [0, 0.05) is 24.1 Å². The van der Waals surface area contributed by atoms with Crippen LogP contribution >= 0.6 is 11.6 Å². The van der Waals surface area contributed by atoms with Crippen molar-refractivity contribution in [2.75, 3.05) is 16.8 Å². The van der Waals surface area contributed by atoms with Gasteiger partial charge in [-0.2, -0.15) is 0 Å². The van der Waals surface area contributed by atoms with E-state index in [2.05, 4.69) is 16.4 Å². The van der Waals surface area contributed by atoms with Gasteiger partial charge in [0.1, 0.15) is 5.69 Å². The number of rotatable bonds is 3. The molecule has 3 aromatic rings. The number of pyridine rings is 1. The number of nitrogens with zero attached hydrogens (tertiary/aromatic N) is 2. The number of aromatic nitrogens is 1. The summed E-state index contributed by atoms with van der Waals surface area (Å²) >= 11 is 6.18. The molecule has 4 rings (SSSR count). The average molecular weight is 350 g/mol. The molecule has 0 fully saturated rings. The van der Waals surface area contributed by atoms with Crippen LogP contribution in [-0.2, 0) is 6.42 Å². The van der Waals surface area contributed by atoms with Crippen molar-refractivity contribution < 1.29 is 4.79 Å². The zero-order valence-electron chi connectivity index (χ0n) is 13.4. The molecule has 1 aromatic heterocycles. The van der Waals surface area contributed by atoms with E-state index in [1.54, 1.807) is 17.2 Å². The van der Waals surface area contributed by atoms with E-state index in [9.17, 15) is 4.79 Å². The zero-order valence-corrected chi connectivity index (χ0v) is 14.2. The number of halogens is 1. The number of hydrogen-bond acceptors (Lipinski definition) is 3. The van der Waals surface area contributed by atoms with Crippen molar-refractivity contribution in [3.63, 3.8) is 0 Å². The highest BCUT2D eigenvalue weighted by molar-refractivity contribution is 6.33. The molecule has 5 heteroatoms. The van der Waals surface area contributed by atoms with Crippen LogP contribution in [0.4, 0.5) is 17.1 Å². The lowest BCUT2D eigenvalue weighted by Crippen LogP contribution is -2.29. The summed E-state index contributed by atoms with van der Waals surface area (Å²) in [6, 6.07) is 19.1. The van der Waals surface area contributed by atoms with E-state index < -0.39 is 0 Å².